The Kier molecular flexibility index (Phi) is 2.43. The molecule has 1 aromatic rings. The molecule has 0 aliphatic heterocycles. The lowest BCUT2D eigenvalue weighted by Gasteiger charge is -2.42. The lowest BCUT2D eigenvalue weighted by Crippen LogP contribution is -2.52. The Morgan fingerprint density at radius 3 is 2.19 bits per heavy atom. The van der Waals surface area contributed by atoms with Crippen molar-refractivity contribution in [1.82, 2.24) is 0 Å². The zero-order valence-electron chi connectivity index (χ0n) is 8.11. The maximum absolute atomic E-state index is 13.3. The summed E-state index contributed by atoms with van der Waals surface area (Å²) in [7, 11) is 0. The summed E-state index contributed by atoms with van der Waals surface area (Å²) in [6, 6.07) is 0.541. The van der Waals surface area contributed by atoms with Gasteiger partial charge < -0.3 is 10.8 Å². The molecule has 0 atom stereocenters. The van der Waals surface area contributed by atoms with Crippen LogP contribution in [0.15, 0.2) is 6.07 Å². The molecule has 1 saturated carbocycles. The molecule has 0 heterocycles. The van der Waals surface area contributed by atoms with Crippen molar-refractivity contribution in [2.24, 2.45) is 5.73 Å². The number of aliphatic hydroxyl groups excluding tert-OH is 1. The van der Waals surface area contributed by atoms with Crippen LogP contribution in [0.25, 0.3) is 0 Å². The van der Waals surface area contributed by atoms with Crippen molar-refractivity contribution in [1.29, 1.82) is 0 Å². The summed E-state index contributed by atoms with van der Waals surface area (Å²) >= 11 is 0. The van der Waals surface area contributed by atoms with Crippen molar-refractivity contribution >= 4 is 0 Å². The third kappa shape index (κ3) is 1.49. The third-order valence-corrected chi connectivity index (χ3v) is 2.84. The van der Waals surface area contributed by atoms with Crippen LogP contribution in [-0.2, 0) is 5.54 Å². The molecule has 88 valence electrons. The quantitative estimate of drug-likeness (QED) is 0.440. The normalized spacial score (nSPS) is 29.0. The monoisotopic (exact) mass is 235 g/mol. The Hall–Kier alpha value is -1.14. The summed E-state index contributed by atoms with van der Waals surface area (Å²) in [5, 5.41) is 9.06. The molecule has 1 aromatic carbocycles. The first-order valence-corrected chi connectivity index (χ1v) is 4.65. The molecule has 0 saturated heterocycles. The van der Waals surface area contributed by atoms with Crippen molar-refractivity contribution in [3.63, 3.8) is 0 Å². The van der Waals surface area contributed by atoms with Gasteiger partial charge in [0, 0.05) is 11.1 Å². The van der Waals surface area contributed by atoms with Gasteiger partial charge in [0.2, 0.25) is 0 Å². The van der Waals surface area contributed by atoms with E-state index in [2.05, 4.69) is 0 Å². The first-order chi connectivity index (χ1) is 7.35. The molecule has 0 unspecified atom stereocenters. The van der Waals surface area contributed by atoms with Gasteiger partial charge in [-0.3, -0.25) is 0 Å². The van der Waals surface area contributed by atoms with Crippen molar-refractivity contribution in [2.75, 3.05) is 0 Å². The Morgan fingerprint density at radius 1 is 1.12 bits per heavy atom. The summed E-state index contributed by atoms with van der Waals surface area (Å²) in [5.41, 5.74) is 3.89. The number of aliphatic hydroxyl groups is 1. The van der Waals surface area contributed by atoms with Crippen molar-refractivity contribution in [3.05, 3.63) is 34.9 Å². The van der Waals surface area contributed by atoms with Crippen molar-refractivity contribution < 1.29 is 22.7 Å². The predicted octanol–water partition coefficient (Wildman–Crippen LogP) is 1.55. The van der Waals surface area contributed by atoms with Crippen molar-refractivity contribution in [3.8, 4) is 0 Å². The van der Waals surface area contributed by atoms with E-state index in [4.69, 9.17) is 10.8 Å². The van der Waals surface area contributed by atoms with E-state index in [9.17, 15) is 17.6 Å². The molecule has 0 amide bonds. The summed E-state index contributed by atoms with van der Waals surface area (Å²) in [4.78, 5) is 0. The van der Waals surface area contributed by atoms with E-state index in [0.29, 0.717) is 6.07 Å². The van der Waals surface area contributed by atoms with Gasteiger partial charge in [0.25, 0.3) is 0 Å². The molecule has 0 bridgehead atoms. The summed E-state index contributed by atoms with van der Waals surface area (Å²) in [6.07, 6.45) is -0.733. The summed E-state index contributed by atoms with van der Waals surface area (Å²) < 4.78 is 51.9. The van der Waals surface area contributed by atoms with Gasteiger partial charge in [-0.25, -0.2) is 17.6 Å². The van der Waals surface area contributed by atoms with Crippen LogP contribution >= 0.6 is 0 Å². The van der Waals surface area contributed by atoms with E-state index < -0.39 is 40.5 Å². The summed E-state index contributed by atoms with van der Waals surface area (Å²) in [6.45, 7) is 0. The molecule has 0 aromatic heterocycles. The molecule has 6 heteroatoms. The van der Waals surface area contributed by atoms with E-state index in [0.717, 1.165) is 0 Å². The molecule has 2 rings (SSSR count). The second-order valence-corrected chi connectivity index (χ2v) is 4.07. The Labute approximate surface area is 88.7 Å². The standard InChI is InChI=1S/C10H9F4NO/c11-6-1-5(7(12)9(14)8(6)13)10(15)2-4(16)3-10/h1,4,16H,2-3,15H2. The van der Waals surface area contributed by atoms with Gasteiger partial charge in [-0.05, 0) is 18.9 Å². The average Bonchev–Trinajstić information content (AvgIpc) is 2.18. The van der Waals surface area contributed by atoms with Gasteiger partial charge in [0.15, 0.2) is 23.3 Å². The second kappa shape index (κ2) is 3.43. The minimum absolute atomic E-state index is 0.00552. The number of hydrogen-bond donors (Lipinski definition) is 2. The molecule has 1 fully saturated rings. The largest absolute Gasteiger partial charge is 0.393 e. The van der Waals surface area contributed by atoms with Gasteiger partial charge >= 0.3 is 0 Å². The molecule has 16 heavy (non-hydrogen) atoms. The Bertz CT molecular complexity index is 443. The molecular formula is C10H9F4NO. The molecular weight excluding hydrogens is 226 g/mol. The number of hydrogen-bond acceptors (Lipinski definition) is 2. The van der Waals surface area contributed by atoms with Gasteiger partial charge in [-0.1, -0.05) is 0 Å². The highest BCUT2D eigenvalue weighted by atomic mass is 19.2. The van der Waals surface area contributed by atoms with Gasteiger partial charge in [0.1, 0.15) is 0 Å². The first kappa shape index (κ1) is 11.3. The van der Waals surface area contributed by atoms with Crippen molar-refractivity contribution in [2.45, 2.75) is 24.5 Å². The van der Waals surface area contributed by atoms with Gasteiger partial charge in [0.05, 0.1) is 6.10 Å². The predicted molar refractivity (Wildman–Crippen MR) is 47.4 cm³/mol. The van der Waals surface area contributed by atoms with Crippen LogP contribution in [0.2, 0.25) is 0 Å². The molecule has 2 nitrogen and oxygen atoms in total. The minimum Gasteiger partial charge on any atom is -0.393 e. The van der Waals surface area contributed by atoms with Crippen LogP contribution in [0.5, 0.6) is 0 Å². The number of halogens is 4. The fourth-order valence-electron chi connectivity index (χ4n) is 1.94. The topological polar surface area (TPSA) is 46.2 Å². The molecule has 0 spiro atoms. The maximum Gasteiger partial charge on any atom is 0.197 e. The van der Waals surface area contributed by atoms with Crippen LogP contribution in [0.4, 0.5) is 17.6 Å². The van der Waals surface area contributed by atoms with E-state index in [1.165, 1.54) is 0 Å². The fourth-order valence-corrected chi connectivity index (χ4v) is 1.94. The third-order valence-electron chi connectivity index (χ3n) is 2.84. The minimum atomic E-state index is -1.87. The zero-order chi connectivity index (χ0) is 12.1. The zero-order valence-corrected chi connectivity index (χ0v) is 8.11. The highest BCUT2D eigenvalue weighted by Gasteiger charge is 2.44. The first-order valence-electron chi connectivity index (χ1n) is 4.65. The fraction of sp³-hybridized carbons (Fsp3) is 0.400. The summed E-state index contributed by atoms with van der Waals surface area (Å²) in [5.74, 6) is -6.71. The number of nitrogens with two attached hydrogens (primary N) is 1. The molecule has 0 radical (unpaired) electrons. The smallest absolute Gasteiger partial charge is 0.197 e. The highest BCUT2D eigenvalue weighted by molar-refractivity contribution is 5.31. The molecule has 3 N–H and O–H groups in total. The van der Waals surface area contributed by atoms with E-state index in [1.807, 2.05) is 0 Å². The SMILES string of the molecule is NC1(c2cc(F)c(F)c(F)c2F)CC(O)C1. The Morgan fingerprint density at radius 2 is 1.69 bits per heavy atom. The average molecular weight is 235 g/mol. The highest BCUT2D eigenvalue weighted by Crippen LogP contribution is 2.41. The van der Waals surface area contributed by atoms with Crippen LogP contribution < -0.4 is 5.73 Å². The van der Waals surface area contributed by atoms with Gasteiger partial charge in [-0.15, -0.1) is 0 Å². The molecule has 1 aliphatic carbocycles. The van der Waals surface area contributed by atoms with E-state index in [1.54, 1.807) is 0 Å². The second-order valence-electron chi connectivity index (χ2n) is 4.07. The van der Waals surface area contributed by atoms with Crippen LogP contribution in [0.3, 0.4) is 0 Å². The van der Waals surface area contributed by atoms with E-state index in [-0.39, 0.29) is 12.8 Å². The van der Waals surface area contributed by atoms with E-state index >= 15 is 0 Å². The van der Waals surface area contributed by atoms with Crippen LogP contribution in [0.1, 0.15) is 18.4 Å². The lowest BCUT2D eigenvalue weighted by atomic mass is 9.70. The van der Waals surface area contributed by atoms with Crippen LogP contribution in [0, 0.1) is 23.3 Å². The lowest BCUT2D eigenvalue weighted by molar-refractivity contribution is 0.0186. The van der Waals surface area contributed by atoms with Crippen LogP contribution in [-0.4, -0.2) is 11.2 Å². The molecule has 1 aliphatic rings. The number of benzene rings is 1. The number of rotatable bonds is 1. The van der Waals surface area contributed by atoms with Gasteiger partial charge in [-0.2, -0.15) is 0 Å². The Balaban J connectivity index is 2.50. The maximum atomic E-state index is 13.3.